The number of hydrogen-bond acceptors (Lipinski definition) is 2. The Hall–Kier alpha value is -1.35. The minimum Gasteiger partial charge on any atom is -0.396 e. The fourth-order valence-corrected chi connectivity index (χ4v) is 4.17. The molecule has 1 amide bonds. The maximum atomic E-state index is 12.5. The lowest BCUT2D eigenvalue weighted by Gasteiger charge is -2.34. The number of amides is 1. The zero-order valence-corrected chi connectivity index (χ0v) is 14.0. The van der Waals surface area contributed by atoms with Crippen LogP contribution in [0.5, 0.6) is 0 Å². The van der Waals surface area contributed by atoms with E-state index in [1.165, 1.54) is 31.2 Å². The minimum atomic E-state index is 0.269. The van der Waals surface area contributed by atoms with E-state index in [4.69, 9.17) is 0 Å². The second-order valence-corrected chi connectivity index (χ2v) is 7.34. The molecule has 1 heterocycles. The van der Waals surface area contributed by atoms with Crippen LogP contribution in [0.2, 0.25) is 0 Å². The summed E-state index contributed by atoms with van der Waals surface area (Å²) in [7, 11) is 0. The van der Waals surface area contributed by atoms with Crippen molar-refractivity contribution < 1.29 is 9.90 Å². The van der Waals surface area contributed by atoms with Gasteiger partial charge < -0.3 is 10.0 Å². The molecule has 1 saturated heterocycles. The highest BCUT2D eigenvalue weighted by Crippen LogP contribution is 2.37. The summed E-state index contributed by atoms with van der Waals surface area (Å²) in [5.74, 6) is 1.99. The van der Waals surface area contributed by atoms with Gasteiger partial charge >= 0.3 is 0 Å². The van der Waals surface area contributed by atoms with Crippen molar-refractivity contribution in [1.29, 1.82) is 0 Å². The lowest BCUT2D eigenvalue weighted by molar-refractivity contribution is -0.134. The van der Waals surface area contributed by atoms with Crippen LogP contribution in [0, 0.1) is 11.8 Å². The van der Waals surface area contributed by atoms with Crippen LogP contribution in [0.25, 0.3) is 0 Å². The number of carbonyl (C=O) groups excluding carboxylic acids is 1. The molecule has 1 aromatic carbocycles. The number of piperidine rings is 1. The number of aliphatic hydroxyl groups excluding tert-OH is 1. The molecule has 0 unspecified atom stereocenters. The molecule has 0 atom stereocenters. The Morgan fingerprint density at radius 1 is 0.957 bits per heavy atom. The first-order chi connectivity index (χ1) is 11.3. The van der Waals surface area contributed by atoms with Gasteiger partial charge in [-0.1, -0.05) is 30.3 Å². The number of rotatable bonds is 4. The van der Waals surface area contributed by atoms with Gasteiger partial charge in [0.25, 0.3) is 0 Å². The highest BCUT2D eigenvalue weighted by molar-refractivity contribution is 5.76. The van der Waals surface area contributed by atoms with Crippen molar-refractivity contribution in [2.24, 2.45) is 11.8 Å². The Bertz CT molecular complexity index is 486. The van der Waals surface area contributed by atoms with Gasteiger partial charge in [0.15, 0.2) is 0 Å². The zero-order valence-electron chi connectivity index (χ0n) is 14.0. The molecule has 23 heavy (non-hydrogen) atoms. The molecular formula is C20H29NO2. The summed E-state index contributed by atoms with van der Waals surface area (Å²) < 4.78 is 0. The Kier molecular flexibility index (Phi) is 5.71. The van der Waals surface area contributed by atoms with E-state index in [1.54, 1.807) is 0 Å². The maximum absolute atomic E-state index is 12.5. The molecule has 3 nitrogen and oxygen atoms in total. The van der Waals surface area contributed by atoms with Crippen LogP contribution in [0.3, 0.4) is 0 Å². The average Bonchev–Trinajstić information content (AvgIpc) is 2.63. The van der Waals surface area contributed by atoms with E-state index in [2.05, 4.69) is 30.3 Å². The van der Waals surface area contributed by atoms with E-state index >= 15 is 0 Å². The van der Waals surface area contributed by atoms with Crippen molar-refractivity contribution in [1.82, 2.24) is 4.90 Å². The molecule has 1 aliphatic heterocycles. The summed E-state index contributed by atoms with van der Waals surface area (Å²) in [4.78, 5) is 14.5. The number of benzene rings is 1. The van der Waals surface area contributed by atoms with Crippen LogP contribution in [0.4, 0.5) is 0 Å². The number of likely N-dealkylation sites (tertiary alicyclic amines) is 1. The van der Waals surface area contributed by atoms with E-state index in [9.17, 15) is 9.90 Å². The van der Waals surface area contributed by atoms with E-state index in [0.29, 0.717) is 23.7 Å². The van der Waals surface area contributed by atoms with E-state index in [-0.39, 0.29) is 6.61 Å². The van der Waals surface area contributed by atoms with Crippen molar-refractivity contribution in [3.05, 3.63) is 35.9 Å². The molecule has 3 rings (SSSR count). The van der Waals surface area contributed by atoms with Crippen LogP contribution >= 0.6 is 0 Å². The van der Waals surface area contributed by atoms with Gasteiger partial charge in [0, 0.05) is 26.1 Å². The van der Waals surface area contributed by atoms with Crippen molar-refractivity contribution in [3.63, 3.8) is 0 Å². The van der Waals surface area contributed by atoms with Gasteiger partial charge in [0.1, 0.15) is 0 Å². The van der Waals surface area contributed by atoms with Gasteiger partial charge in [-0.3, -0.25) is 4.79 Å². The normalized spacial score (nSPS) is 26.2. The van der Waals surface area contributed by atoms with Crippen LogP contribution in [0.1, 0.15) is 56.4 Å². The lowest BCUT2D eigenvalue weighted by atomic mass is 9.77. The topological polar surface area (TPSA) is 40.5 Å². The highest BCUT2D eigenvalue weighted by Gasteiger charge is 2.27. The second kappa shape index (κ2) is 7.96. The van der Waals surface area contributed by atoms with E-state index < -0.39 is 0 Å². The summed E-state index contributed by atoms with van der Waals surface area (Å²) in [6, 6.07) is 10.8. The minimum absolute atomic E-state index is 0.269. The number of hydrogen-bond donors (Lipinski definition) is 1. The fourth-order valence-electron chi connectivity index (χ4n) is 4.17. The molecule has 0 radical (unpaired) electrons. The molecule has 1 aromatic rings. The Morgan fingerprint density at radius 2 is 1.61 bits per heavy atom. The molecule has 3 heteroatoms. The van der Waals surface area contributed by atoms with Crippen molar-refractivity contribution >= 4 is 5.91 Å². The molecular weight excluding hydrogens is 286 g/mol. The first-order valence-corrected chi connectivity index (χ1v) is 9.20. The molecule has 2 aliphatic rings. The highest BCUT2D eigenvalue weighted by atomic mass is 16.3. The number of aliphatic hydroxyl groups is 1. The smallest absolute Gasteiger partial charge is 0.222 e. The van der Waals surface area contributed by atoms with Crippen LogP contribution in [-0.2, 0) is 4.79 Å². The summed E-state index contributed by atoms with van der Waals surface area (Å²) in [6.45, 7) is 1.94. The first kappa shape index (κ1) is 16.5. The third kappa shape index (κ3) is 4.35. The van der Waals surface area contributed by atoms with Gasteiger partial charge in [0.05, 0.1) is 0 Å². The molecule has 0 bridgehead atoms. The van der Waals surface area contributed by atoms with Crippen molar-refractivity contribution in [2.75, 3.05) is 19.7 Å². The Morgan fingerprint density at radius 3 is 2.22 bits per heavy atom. The van der Waals surface area contributed by atoms with E-state index in [0.717, 1.165) is 32.4 Å². The third-order valence-corrected chi connectivity index (χ3v) is 5.81. The largest absolute Gasteiger partial charge is 0.396 e. The zero-order chi connectivity index (χ0) is 16.1. The summed E-state index contributed by atoms with van der Waals surface area (Å²) >= 11 is 0. The van der Waals surface area contributed by atoms with Crippen molar-refractivity contribution in [2.45, 2.75) is 50.9 Å². The molecule has 0 aromatic heterocycles. The molecule has 0 spiro atoms. The predicted molar refractivity (Wildman–Crippen MR) is 92.1 cm³/mol. The molecule has 1 saturated carbocycles. The number of nitrogens with zero attached hydrogens (tertiary/aromatic N) is 1. The summed E-state index contributed by atoms with van der Waals surface area (Å²) in [5.41, 5.74) is 1.46. The predicted octanol–water partition coefficient (Wildman–Crippen LogP) is 3.58. The van der Waals surface area contributed by atoms with Gasteiger partial charge in [-0.05, 0) is 61.8 Å². The van der Waals surface area contributed by atoms with Crippen LogP contribution < -0.4 is 0 Å². The van der Waals surface area contributed by atoms with Crippen molar-refractivity contribution in [3.8, 4) is 0 Å². The monoisotopic (exact) mass is 315 g/mol. The van der Waals surface area contributed by atoms with Gasteiger partial charge in [-0.25, -0.2) is 0 Å². The van der Waals surface area contributed by atoms with E-state index in [1.807, 2.05) is 4.90 Å². The third-order valence-electron chi connectivity index (χ3n) is 5.81. The fraction of sp³-hybridized carbons (Fsp3) is 0.650. The molecule has 2 fully saturated rings. The first-order valence-electron chi connectivity index (χ1n) is 9.20. The Labute approximate surface area is 139 Å². The molecule has 1 N–H and O–H groups in total. The van der Waals surface area contributed by atoms with Gasteiger partial charge in [-0.15, -0.1) is 0 Å². The maximum Gasteiger partial charge on any atom is 0.222 e. The Balaban J connectivity index is 1.43. The standard InChI is InChI=1S/C20H29NO2/c22-15-17-10-12-21(13-11-17)20(23)14-16-6-8-19(9-7-16)18-4-2-1-3-5-18/h1-5,16-17,19,22H,6-15H2. The SMILES string of the molecule is O=C(CC1CCC(c2ccccc2)CC1)N1CCC(CO)CC1. The van der Waals surface area contributed by atoms with Crippen LogP contribution in [0.15, 0.2) is 30.3 Å². The average molecular weight is 315 g/mol. The second-order valence-electron chi connectivity index (χ2n) is 7.34. The number of carbonyl (C=O) groups is 1. The van der Waals surface area contributed by atoms with Gasteiger partial charge in [-0.2, -0.15) is 0 Å². The molecule has 1 aliphatic carbocycles. The molecule has 126 valence electrons. The van der Waals surface area contributed by atoms with Crippen LogP contribution in [-0.4, -0.2) is 35.6 Å². The summed E-state index contributed by atoms with van der Waals surface area (Å²) in [5, 5.41) is 9.19. The quantitative estimate of drug-likeness (QED) is 0.922. The van der Waals surface area contributed by atoms with Gasteiger partial charge in [0.2, 0.25) is 5.91 Å². The summed E-state index contributed by atoms with van der Waals surface area (Å²) in [6.07, 6.45) is 7.44. The lowest BCUT2D eigenvalue weighted by Crippen LogP contribution is -2.40.